The summed E-state index contributed by atoms with van der Waals surface area (Å²) in [7, 11) is 0. The fourth-order valence-corrected chi connectivity index (χ4v) is 3.06. The standard InChI is InChI=1S/C16H28N4O3/c1-12(2)9-18-5-7-19(8-6-18)10-13(21)11-20-14(22)16(3,4)17-15(20)23/h13,21H,1,5-11H2,2-4H3,(H,17,23)/t13-/m0/s1. The molecule has 3 amide bonds. The quantitative estimate of drug-likeness (QED) is 0.526. The third-order valence-corrected chi connectivity index (χ3v) is 4.27. The molecule has 0 aromatic carbocycles. The molecule has 2 rings (SSSR count). The molecule has 0 aliphatic carbocycles. The minimum absolute atomic E-state index is 0.0417. The molecule has 1 atom stereocenters. The number of nitrogens with one attached hydrogen (secondary N) is 1. The highest BCUT2D eigenvalue weighted by molar-refractivity contribution is 6.06. The second-order valence-electron chi connectivity index (χ2n) is 7.16. The van der Waals surface area contributed by atoms with Crippen LogP contribution in [0, 0.1) is 0 Å². The second kappa shape index (κ2) is 6.98. The van der Waals surface area contributed by atoms with Gasteiger partial charge in [0, 0.05) is 39.3 Å². The van der Waals surface area contributed by atoms with Gasteiger partial charge >= 0.3 is 6.03 Å². The second-order valence-corrected chi connectivity index (χ2v) is 7.16. The lowest BCUT2D eigenvalue weighted by molar-refractivity contribution is -0.131. The van der Waals surface area contributed by atoms with Gasteiger partial charge < -0.3 is 10.4 Å². The van der Waals surface area contributed by atoms with Crippen molar-refractivity contribution in [1.29, 1.82) is 0 Å². The Morgan fingerprint density at radius 3 is 2.26 bits per heavy atom. The van der Waals surface area contributed by atoms with Crippen LogP contribution in [0.1, 0.15) is 20.8 Å². The molecule has 2 aliphatic heterocycles. The molecule has 0 radical (unpaired) electrons. The summed E-state index contributed by atoms with van der Waals surface area (Å²) in [5.74, 6) is -0.284. The number of rotatable bonds is 6. The van der Waals surface area contributed by atoms with Crippen molar-refractivity contribution in [2.75, 3.05) is 45.8 Å². The summed E-state index contributed by atoms with van der Waals surface area (Å²) < 4.78 is 0. The van der Waals surface area contributed by atoms with Crippen molar-refractivity contribution >= 4 is 11.9 Å². The molecule has 0 aromatic rings. The zero-order chi connectivity index (χ0) is 17.2. The van der Waals surface area contributed by atoms with Crippen LogP contribution in [-0.4, -0.2) is 89.2 Å². The van der Waals surface area contributed by atoms with Crippen LogP contribution in [0.25, 0.3) is 0 Å². The molecule has 0 aromatic heterocycles. The van der Waals surface area contributed by atoms with Gasteiger partial charge in [-0.2, -0.15) is 0 Å². The van der Waals surface area contributed by atoms with Gasteiger partial charge in [0.25, 0.3) is 5.91 Å². The first-order chi connectivity index (χ1) is 10.7. The van der Waals surface area contributed by atoms with Gasteiger partial charge in [0.15, 0.2) is 0 Å². The number of imide groups is 1. The number of amides is 3. The predicted molar refractivity (Wildman–Crippen MR) is 88.0 cm³/mol. The lowest BCUT2D eigenvalue weighted by Gasteiger charge is -2.36. The number of hydrogen-bond donors (Lipinski definition) is 2. The summed E-state index contributed by atoms with van der Waals surface area (Å²) in [4.78, 5) is 29.6. The van der Waals surface area contributed by atoms with Crippen molar-refractivity contribution in [1.82, 2.24) is 20.0 Å². The Balaban J connectivity index is 1.78. The highest BCUT2D eigenvalue weighted by Gasteiger charge is 2.44. The van der Waals surface area contributed by atoms with E-state index in [1.807, 2.05) is 6.92 Å². The Bertz CT molecular complexity index is 484. The molecule has 2 N–H and O–H groups in total. The van der Waals surface area contributed by atoms with Gasteiger partial charge in [-0.3, -0.25) is 19.5 Å². The average Bonchev–Trinajstić information content (AvgIpc) is 2.62. The van der Waals surface area contributed by atoms with Crippen LogP contribution in [0.3, 0.4) is 0 Å². The number of carbonyl (C=O) groups is 2. The summed E-state index contributed by atoms with van der Waals surface area (Å²) in [5, 5.41) is 12.9. The monoisotopic (exact) mass is 324 g/mol. The molecule has 23 heavy (non-hydrogen) atoms. The zero-order valence-corrected chi connectivity index (χ0v) is 14.3. The molecule has 0 saturated carbocycles. The first-order valence-electron chi connectivity index (χ1n) is 8.10. The van der Waals surface area contributed by atoms with E-state index in [0.29, 0.717) is 6.54 Å². The summed E-state index contributed by atoms with van der Waals surface area (Å²) in [5.41, 5.74) is 0.269. The number of hydrogen-bond acceptors (Lipinski definition) is 5. The number of β-amino-alcohol motifs (C(OH)–C–C–N with tert-alkyl or cyclic N) is 1. The summed E-state index contributed by atoms with van der Waals surface area (Å²) >= 11 is 0. The third-order valence-electron chi connectivity index (χ3n) is 4.27. The number of aliphatic hydroxyl groups excluding tert-OH is 1. The van der Waals surface area contributed by atoms with Gasteiger partial charge in [0.2, 0.25) is 0 Å². The maximum Gasteiger partial charge on any atom is 0.325 e. The molecule has 0 bridgehead atoms. The van der Waals surface area contributed by atoms with Crippen molar-refractivity contribution in [3.8, 4) is 0 Å². The highest BCUT2D eigenvalue weighted by atomic mass is 16.3. The van der Waals surface area contributed by atoms with Gasteiger partial charge in [0.1, 0.15) is 5.54 Å². The van der Waals surface area contributed by atoms with E-state index in [9.17, 15) is 14.7 Å². The van der Waals surface area contributed by atoms with Crippen LogP contribution < -0.4 is 5.32 Å². The summed E-state index contributed by atoms with van der Waals surface area (Å²) in [6.07, 6.45) is -0.730. The molecule has 7 heteroatoms. The Morgan fingerprint density at radius 1 is 1.22 bits per heavy atom. The van der Waals surface area contributed by atoms with Gasteiger partial charge in [-0.15, -0.1) is 0 Å². The van der Waals surface area contributed by atoms with Crippen molar-refractivity contribution < 1.29 is 14.7 Å². The van der Waals surface area contributed by atoms with E-state index < -0.39 is 17.7 Å². The van der Waals surface area contributed by atoms with Crippen LogP contribution in [0.15, 0.2) is 12.2 Å². The maximum absolute atomic E-state index is 12.1. The summed E-state index contributed by atoms with van der Waals surface area (Å²) in [6.45, 7) is 14.3. The fourth-order valence-electron chi connectivity index (χ4n) is 3.06. The molecule has 2 heterocycles. The van der Waals surface area contributed by atoms with Crippen LogP contribution in [-0.2, 0) is 4.79 Å². The Labute approximate surface area is 137 Å². The molecular formula is C16H28N4O3. The van der Waals surface area contributed by atoms with E-state index in [4.69, 9.17) is 0 Å². The van der Waals surface area contributed by atoms with Gasteiger partial charge in [-0.05, 0) is 20.8 Å². The van der Waals surface area contributed by atoms with Crippen molar-refractivity contribution in [2.45, 2.75) is 32.4 Å². The minimum atomic E-state index is -0.884. The van der Waals surface area contributed by atoms with Crippen molar-refractivity contribution in [3.05, 3.63) is 12.2 Å². The first kappa shape index (κ1) is 17.9. The molecule has 0 unspecified atom stereocenters. The molecule has 2 fully saturated rings. The molecule has 2 aliphatic rings. The van der Waals surface area contributed by atoms with Gasteiger partial charge in [-0.25, -0.2) is 4.79 Å². The van der Waals surface area contributed by atoms with Crippen LogP contribution in [0.5, 0.6) is 0 Å². The smallest absolute Gasteiger partial charge is 0.325 e. The Hall–Kier alpha value is -1.44. The Morgan fingerprint density at radius 2 is 1.78 bits per heavy atom. The van der Waals surface area contributed by atoms with Crippen molar-refractivity contribution in [2.24, 2.45) is 0 Å². The topological polar surface area (TPSA) is 76.1 Å². The normalized spacial score (nSPS) is 23.9. The zero-order valence-electron chi connectivity index (χ0n) is 14.3. The fraction of sp³-hybridized carbons (Fsp3) is 0.750. The molecule has 130 valence electrons. The minimum Gasteiger partial charge on any atom is -0.390 e. The van der Waals surface area contributed by atoms with Crippen LogP contribution in [0.4, 0.5) is 4.79 Å². The highest BCUT2D eigenvalue weighted by Crippen LogP contribution is 2.17. The Kier molecular flexibility index (Phi) is 5.44. The largest absolute Gasteiger partial charge is 0.390 e. The summed E-state index contributed by atoms with van der Waals surface area (Å²) in [6, 6.07) is -0.426. The van der Waals surface area contributed by atoms with E-state index in [0.717, 1.165) is 43.2 Å². The number of urea groups is 1. The third kappa shape index (κ3) is 4.53. The molecule has 7 nitrogen and oxygen atoms in total. The molecule has 0 spiro atoms. The predicted octanol–water partition coefficient (Wildman–Crippen LogP) is -0.129. The maximum atomic E-state index is 12.1. The first-order valence-corrected chi connectivity index (χ1v) is 8.10. The van der Waals surface area contributed by atoms with Crippen LogP contribution in [0.2, 0.25) is 0 Å². The number of carbonyl (C=O) groups excluding carboxylic acids is 2. The SMILES string of the molecule is C=C(C)CN1CCN(C[C@H](O)CN2C(=O)NC(C)(C)C2=O)CC1. The van der Waals surface area contributed by atoms with Gasteiger partial charge in [0.05, 0.1) is 12.6 Å². The van der Waals surface area contributed by atoms with Gasteiger partial charge in [-0.1, -0.05) is 12.2 Å². The van der Waals surface area contributed by atoms with E-state index in [1.54, 1.807) is 13.8 Å². The molecule has 2 saturated heterocycles. The molecular weight excluding hydrogens is 296 g/mol. The van der Waals surface area contributed by atoms with E-state index in [-0.39, 0.29) is 12.5 Å². The van der Waals surface area contributed by atoms with E-state index in [2.05, 4.69) is 21.7 Å². The van der Waals surface area contributed by atoms with E-state index >= 15 is 0 Å². The average molecular weight is 324 g/mol. The van der Waals surface area contributed by atoms with Crippen LogP contribution >= 0.6 is 0 Å². The lowest BCUT2D eigenvalue weighted by atomic mass is 10.1. The number of aliphatic hydroxyl groups is 1. The number of piperazine rings is 1. The van der Waals surface area contributed by atoms with E-state index in [1.165, 1.54) is 0 Å². The lowest BCUT2D eigenvalue weighted by Crippen LogP contribution is -2.50. The number of nitrogens with zero attached hydrogens (tertiary/aromatic N) is 3. The van der Waals surface area contributed by atoms with Crippen molar-refractivity contribution in [3.63, 3.8) is 0 Å².